The quantitative estimate of drug-likeness (QED) is 0.328. The van der Waals surface area contributed by atoms with Crippen LogP contribution in [-0.2, 0) is 5.75 Å². The van der Waals surface area contributed by atoms with Gasteiger partial charge in [0.1, 0.15) is 5.82 Å². The predicted octanol–water partition coefficient (Wildman–Crippen LogP) is 5.04. The highest BCUT2D eigenvalue weighted by atomic mass is 32.2. The van der Waals surface area contributed by atoms with Crippen LogP contribution in [0, 0.1) is 0 Å². The van der Waals surface area contributed by atoms with Crippen molar-refractivity contribution in [2.75, 3.05) is 0 Å². The number of aromatic nitrogens is 6. The topological polar surface area (TPSA) is 70.0 Å². The van der Waals surface area contributed by atoms with E-state index in [1.165, 1.54) is 24.2 Å². The molecule has 0 unspecified atom stereocenters. The molecule has 0 radical (unpaired) electrons. The normalized spacial score (nSPS) is 11.9. The monoisotopic (exact) mass is 466 g/mol. The lowest BCUT2D eigenvalue weighted by Crippen LogP contribution is -2.23. The average Bonchev–Trinajstić information content (AvgIpc) is 3.45. The highest BCUT2D eigenvalue weighted by molar-refractivity contribution is 7.98. The molecular formula is C23H20F2N6OS. The molecule has 3 aromatic heterocycles. The SMILES string of the molecule is CC(C)c1ccccc1-n1c(=O)c2ccccc2n2c(SCc3nccn3C(F)F)nnc12. The summed E-state index contributed by atoms with van der Waals surface area (Å²) in [6, 6.07) is 15.0. The van der Waals surface area contributed by atoms with Gasteiger partial charge in [-0.05, 0) is 29.7 Å². The van der Waals surface area contributed by atoms with Crippen LogP contribution in [0.3, 0.4) is 0 Å². The van der Waals surface area contributed by atoms with Gasteiger partial charge in [-0.2, -0.15) is 8.78 Å². The van der Waals surface area contributed by atoms with E-state index in [0.717, 1.165) is 15.8 Å². The number of hydrogen-bond acceptors (Lipinski definition) is 5. The predicted molar refractivity (Wildman–Crippen MR) is 123 cm³/mol. The van der Waals surface area contributed by atoms with Crippen molar-refractivity contribution in [3.63, 3.8) is 0 Å². The van der Waals surface area contributed by atoms with E-state index in [2.05, 4.69) is 29.0 Å². The zero-order valence-corrected chi connectivity index (χ0v) is 18.7. The van der Waals surface area contributed by atoms with Gasteiger partial charge in [-0.3, -0.25) is 13.8 Å². The first-order chi connectivity index (χ1) is 16.0. The Morgan fingerprint density at radius 1 is 1.03 bits per heavy atom. The average molecular weight is 467 g/mol. The maximum absolute atomic E-state index is 13.6. The van der Waals surface area contributed by atoms with E-state index in [1.807, 2.05) is 42.5 Å². The minimum Gasteiger partial charge on any atom is -0.277 e. The fourth-order valence-corrected chi connectivity index (χ4v) is 4.82. The van der Waals surface area contributed by atoms with Crippen LogP contribution in [0.25, 0.3) is 22.4 Å². The van der Waals surface area contributed by atoms with Gasteiger partial charge in [0, 0.05) is 12.4 Å². The molecule has 0 spiro atoms. The highest BCUT2D eigenvalue weighted by Gasteiger charge is 2.21. The molecule has 0 atom stereocenters. The molecule has 33 heavy (non-hydrogen) atoms. The van der Waals surface area contributed by atoms with E-state index in [1.54, 1.807) is 15.0 Å². The zero-order chi connectivity index (χ0) is 23.1. The first-order valence-corrected chi connectivity index (χ1v) is 11.4. The number of halogens is 2. The molecule has 0 aliphatic carbocycles. The third-order valence-corrected chi connectivity index (χ3v) is 6.41. The molecule has 0 aliphatic heterocycles. The van der Waals surface area contributed by atoms with Crippen molar-refractivity contribution in [3.05, 3.63) is 82.7 Å². The summed E-state index contributed by atoms with van der Waals surface area (Å²) in [5.74, 6) is 0.958. The van der Waals surface area contributed by atoms with Crippen molar-refractivity contribution in [1.82, 2.24) is 28.7 Å². The minimum atomic E-state index is -2.67. The van der Waals surface area contributed by atoms with Gasteiger partial charge in [0.2, 0.25) is 5.78 Å². The van der Waals surface area contributed by atoms with Crippen LogP contribution < -0.4 is 5.56 Å². The molecular weight excluding hydrogens is 446 g/mol. The van der Waals surface area contributed by atoms with E-state index in [9.17, 15) is 13.6 Å². The second-order valence-electron chi connectivity index (χ2n) is 7.81. The minimum absolute atomic E-state index is 0.175. The Balaban J connectivity index is 1.72. The molecule has 168 valence electrons. The number of rotatable bonds is 6. The smallest absolute Gasteiger partial charge is 0.277 e. The van der Waals surface area contributed by atoms with Crippen molar-refractivity contribution >= 4 is 28.4 Å². The van der Waals surface area contributed by atoms with Gasteiger partial charge in [-0.15, -0.1) is 10.2 Å². The lowest BCUT2D eigenvalue weighted by molar-refractivity contribution is 0.0678. The largest absolute Gasteiger partial charge is 0.319 e. The molecule has 7 nitrogen and oxygen atoms in total. The van der Waals surface area contributed by atoms with E-state index < -0.39 is 6.55 Å². The summed E-state index contributed by atoms with van der Waals surface area (Å²) >= 11 is 1.24. The molecule has 2 aromatic carbocycles. The standard InChI is InChI=1S/C23H20F2N6OS/c1-14(2)15-7-3-5-9-17(15)30-20(32)16-8-4-6-10-18(16)31-22(30)27-28-23(31)33-13-19-26-11-12-29(19)21(24)25/h3-12,14,21H,13H2,1-2H3. The third-order valence-electron chi connectivity index (χ3n) is 5.48. The lowest BCUT2D eigenvalue weighted by atomic mass is 10.0. The second kappa shape index (κ2) is 8.43. The molecule has 3 heterocycles. The summed E-state index contributed by atoms with van der Waals surface area (Å²) in [6.07, 6.45) is 2.60. The third kappa shape index (κ3) is 3.60. The van der Waals surface area contributed by atoms with Crippen LogP contribution in [0.5, 0.6) is 0 Å². The number of alkyl halides is 2. The fourth-order valence-electron chi connectivity index (χ4n) is 3.93. The van der Waals surface area contributed by atoms with Crippen LogP contribution in [0.2, 0.25) is 0 Å². The molecule has 10 heteroatoms. The summed E-state index contributed by atoms with van der Waals surface area (Å²) in [6.45, 7) is 1.47. The highest BCUT2D eigenvalue weighted by Crippen LogP contribution is 2.28. The van der Waals surface area contributed by atoms with Crippen molar-refractivity contribution in [2.24, 2.45) is 0 Å². The fraction of sp³-hybridized carbons (Fsp3) is 0.217. The molecule has 0 amide bonds. The first-order valence-electron chi connectivity index (χ1n) is 10.4. The molecule has 0 N–H and O–H groups in total. The zero-order valence-electron chi connectivity index (χ0n) is 17.9. The number of para-hydroxylation sites is 2. The Hall–Kier alpha value is -3.53. The van der Waals surface area contributed by atoms with Crippen LogP contribution >= 0.6 is 11.8 Å². The Morgan fingerprint density at radius 3 is 2.58 bits per heavy atom. The first kappa shape index (κ1) is 21.3. The van der Waals surface area contributed by atoms with Crippen molar-refractivity contribution in [2.45, 2.75) is 37.2 Å². The second-order valence-corrected chi connectivity index (χ2v) is 8.75. The van der Waals surface area contributed by atoms with Gasteiger partial charge >= 0.3 is 6.55 Å². The number of imidazole rings is 1. The summed E-state index contributed by atoms with van der Waals surface area (Å²) in [7, 11) is 0. The van der Waals surface area contributed by atoms with Gasteiger partial charge in [0.15, 0.2) is 5.16 Å². The maximum atomic E-state index is 13.6. The van der Waals surface area contributed by atoms with Gasteiger partial charge in [-0.25, -0.2) is 9.55 Å². The number of benzene rings is 2. The Labute approximate surface area is 191 Å². The van der Waals surface area contributed by atoms with E-state index in [-0.39, 0.29) is 23.1 Å². The van der Waals surface area contributed by atoms with Crippen molar-refractivity contribution in [3.8, 4) is 5.69 Å². The molecule has 0 saturated heterocycles. The maximum Gasteiger partial charge on any atom is 0.319 e. The lowest BCUT2D eigenvalue weighted by Gasteiger charge is -2.16. The van der Waals surface area contributed by atoms with E-state index in [0.29, 0.717) is 21.8 Å². The van der Waals surface area contributed by atoms with Gasteiger partial charge in [0.25, 0.3) is 5.56 Å². The van der Waals surface area contributed by atoms with Gasteiger partial charge in [-0.1, -0.05) is 55.9 Å². The van der Waals surface area contributed by atoms with Crippen LogP contribution in [-0.4, -0.2) is 28.7 Å². The summed E-state index contributed by atoms with van der Waals surface area (Å²) < 4.78 is 30.6. The Kier molecular flexibility index (Phi) is 5.45. The molecule has 0 saturated carbocycles. The Bertz CT molecular complexity index is 1520. The summed E-state index contributed by atoms with van der Waals surface area (Å²) in [4.78, 5) is 17.6. The van der Waals surface area contributed by atoms with Crippen LogP contribution in [0.15, 0.2) is 70.9 Å². The molecule has 0 fully saturated rings. The number of thioether (sulfide) groups is 1. The van der Waals surface area contributed by atoms with Crippen LogP contribution in [0.1, 0.15) is 37.7 Å². The Morgan fingerprint density at radius 2 is 1.79 bits per heavy atom. The summed E-state index contributed by atoms with van der Waals surface area (Å²) in [5, 5.41) is 9.66. The summed E-state index contributed by atoms with van der Waals surface area (Å²) in [5.41, 5.74) is 2.21. The molecule has 0 bridgehead atoms. The van der Waals surface area contributed by atoms with Gasteiger partial charge in [0.05, 0.1) is 22.3 Å². The molecule has 0 aliphatic rings. The number of nitrogens with zero attached hydrogens (tertiary/aromatic N) is 6. The molecule has 5 rings (SSSR count). The number of fused-ring (bicyclic) bond motifs is 3. The van der Waals surface area contributed by atoms with Crippen molar-refractivity contribution in [1.29, 1.82) is 0 Å². The van der Waals surface area contributed by atoms with Gasteiger partial charge < -0.3 is 0 Å². The molecule has 5 aromatic rings. The van der Waals surface area contributed by atoms with Crippen LogP contribution in [0.4, 0.5) is 8.78 Å². The number of hydrogen-bond donors (Lipinski definition) is 0. The van der Waals surface area contributed by atoms with E-state index in [4.69, 9.17) is 0 Å². The van der Waals surface area contributed by atoms with E-state index >= 15 is 0 Å². The van der Waals surface area contributed by atoms with Crippen molar-refractivity contribution < 1.29 is 8.78 Å².